The third-order valence-electron chi connectivity index (χ3n) is 3.49. The highest BCUT2D eigenvalue weighted by Gasteiger charge is 2.04. The van der Waals surface area contributed by atoms with Gasteiger partial charge in [-0.05, 0) is 43.7 Å². The molecule has 26 heavy (non-hydrogen) atoms. The van der Waals surface area contributed by atoms with Gasteiger partial charge in [0.05, 0.1) is 13.2 Å². The second-order valence-corrected chi connectivity index (χ2v) is 6.69. The molecule has 0 bridgehead atoms. The third kappa shape index (κ3) is 6.88. The van der Waals surface area contributed by atoms with E-state index < -0.39 is 0 Å². The molecule has 140 valence electrons. The van der Waals surface area contributed by atoms with E-state index in [9.17, 15) is 5.11 Å². The van der Waals surface area contributed by atoms with Crippen molar-refractivity contribution in [2.45, 2.75) is 25.3 Å². The summed E-state index contributed by atoms with van der Waals surface area (Å²) in [5.41, 5.74) is 0.988. The first kappa shape index (κ1) is 20.0. The van der Waals surface area contributed by atoms with Gasteiger partial charge in [-0.2, -0.15) is 0 Å². The molecule has 0 aliphatic heterocycles. The number of thioether (sulfide) groups is 1. The lowest BCUT2D eigenvalue weighted by atomic mass is 10.2. The molecule has 6 heteroatoms. The Morgan fingerprint density at radius 1 is 1.12 bits per heavy atom. The number of nitrogens with one attached hydrogen (secondary N) is 2. The molecule has 0 saturated heterocycles. The molecule has 5 nitrogen and oxygen atoms in total. The average molecular weight is 374 g/mol. The van der Waals surface area contributed by atoms with Crippen molar-refractivity contribution in [1.82, 2.24) is 10.6 Å². The van der Waals surface area contributed by atoms with Crippen LogP contribution in [0.15, 0.2) is 58.4 Å². The molecule has 2 aromatic rings. The molecule has 0 aromatic heterocycles. The maximum Gasteiger partial charge on any atom is 0.191 e. The number of rotatable bonds is 9. The van der Waals surface area contributed by atoms with Crippen LogP contribution in [0.3, 0.4) is 0 Å². The standard InChI is InChI=1S/C20H27N3O2S/c1-3-21-20(22-12-13-26-17-8-6-5-7-9-17)23-15-16-10-11-18(24)19(14-16)25-4-2/h5-11,14,24H,3-4,12-13,15H2,1-2H3,(H2,21,22,23). The van der Waals surface area contributed by atoms with Crippen LogP contribution in [0.5, 0.6) is 11.5 Å². The molecule has 0 spiro atoms. The van der Waals surface area contributed by atoms with Crippen LogP contribution in [0.2, 0.25) is 0 Å². The van der Waals surface area contributed by atoms with E-state index in [-0.39, 0.29) is 5.75 Å². The lowest BCUT2D eigenvalue weighted by molar-refractivity contribution is 0.318. The second kappa shape index (κ2) is 11.3. The van der Waals surface area contributed by atoms with Gasteiger partial charge in [-0.1, -0.05) is 24.3 Å². The molecule has 3 N–H and O–H groups in total. The Labute approximate surface area is 159 Å². The quantitative estimate of drug-likeness (QED) is 0.271. The van der Waals surface area contributed by atoms with Crippen molar-refractivity contribution in [2.75, 3.05) is 25.4 Å². The van der Waals surface area contributed by atoms with E-state index in [1.54, 1.807) is 6.07 Å². The Morgan fingerprint density at radius 3 is 2.65 bits per heavy atom. The molecule has 0 aliphatic rings. The van der Waals surface area contributed by atoms with Crippen LogP contribution in [0, 0.1) is 0 Å². The van der Waals surface area contributed by atoms with Crippen molar-refractivity contribution < 1.29 is 9.84 Å². The summed E-state index contributed by atoms with van der Waals surface area (Å²) in [6, 6.07) is 15.7. The number of benzene rings is 2. The van der Waals surface area contributed by atoms with E-state index in [0.717, 1.165) is 30.4 Å². The topological polar surface area (TPSA) is 65.9 Å². The summed E-state index contributed by atoms with van der Waals surface area (Å²) in [5, 5.41) is 16.4. The van der Waals surface area contributed by atoms with Gasteiger partial charge in [0.2, 0.25) is 0 Å². The Bertz CT molecular complexity index is 693. The third-order valence-corrected chi connectivity index (χ3v) is 4.51. The minimum atomic E-state index is 0.155. The zero-order valence-corrected chi connectivity index (χ0v) is 16.2. The van der Waals surface area contributed by atoms with Gasteiger partial charge in [-0.15, -0.1) is 11.8 Å². The van der Waals surface area contributed by atoms with E-state index in [2.05, 4.69) is 39.9 Å². The molecule has 0 radical (unpaired) electrons. The second-order valence-electron chi connectivity index (χ2n) is 5.52. The van der Waals surface area contributed by atoms with Gasteiger partial charge < -0.3 is 20.5 Å². The molecular weight excluding hydrogens is 346 g/mol. The molecule has 2 aromatic carbocycles. The zero-order valence-electron chi connectivity index (χ0n) is 15.4. The van der Waals surface area contributed by atoms with Crippen LogP contribution in [-0.2, 0) is 6.54 Å². The minimum Gasteiger partial charge on any atom is -0.504 e. The fraction of sp³-hybridized carbons (Fsp3) is 0.350. The van der Waals surface area contributed by atoms with Crippen LogP contribution in [0.4, 0.5) is 0 Å². The van der Waals surface area contributed by atoms with E-state index in [1.807, 2.05) is 43.8 Å². The van der Waals surface area contributed by atoms with Crippen molar-refractivity contribution in [1.29, 1.82) is 0 Å². The highest BCUT2D eigenvalue weighted by molar-refractivity contribution is 7.99. The van der Waals surface area contributed by atoms with Gasteiger partial charge in [-0.25, -0.2) is 4.99 Å². The number of hydrogen-bond acceptors (Lipinski definition) is 4. The van der Waals surface area contributed by atoms with Crippen molar-refractivity contribution >= 4 is 17.7 Å². The lowest BCUT2D eigenvalue weighted by Gasteiger charge is -2.12. The van der Waals surface area contributed by atoms with E-state index in [1.165, 1.54) is 4.90 Å². The molecule has 0 fully saturated rings. The SMILES string of the molecule is CCNC(=NCc1ccc(O)c(OCC)c1)NCCSc1ccccc1. The molecule has 0 aliphatic carbocycles. The highest BCUT2D eigenvalue weighted by Crippen LogP contribution is 2.27. The molecular formula is C20H27N3O2S. The molecule has 0 atom stereocenters. The Balaban J connectivity index is 1.86. The highest BCUT2D eigenvalue weighted by atomic mass is 32.2. The summed E-state index contributed by atoms with van der Waals surface area (Å²) in [6.45, 7) is 6.60. The van der Waals surface area contributed by atoms with Crippen LogP contribution in [0.25, 0.3) is 0 Å². The van der Waals surface area contributed by atoms with Crippen LogP contribution < -0.4 is 15.4 Å². The average Bonchev–Trinajstić information content (AvgIpc) is 2.66. The number of ether oxygens (including phenoxy) is 1. The predicted octanol–water partition coefficient (Wildman–Crippen LogP) is 3.64. The Morgan fingerprint density at radius 2 is 1.92 bits per heavy atom. The summed E-state index contributed by atoms with van der Waals surface area (Å²) in [7, 11) is 0. The predicted molar refractivity (Wildman–Crippen MR) is 109 cm³/mol. The monoisotopic (exact) mass is 373 g/mol. The summed E-state index contributed by atoms with van der Waals surface area (Å²) < 4.78 is 5.42. The van der Waals surface area contributed by atoms with Gasteiger partial charge in [0.25, 0.3) is 0 Å². The lowest BCUT2D eigenvalue weighted by Crippen LogP contribution is -2.38. The first-order valence-electron chi connectivity index (χ1n) is 8.87. The molecule has 0 unspecified atom stereocenters. The van der Waals surface area contributed by atoms with Gasteiger partial charge in [0.1, 0.15) is 0 Å². The van der Waals surface area contributed by atoms with Gasteiger partial charge in [-0.3, -0.25) is 0 Å². The normalized spacial score (nSPS) is 11.2. The summed E-state index contributed by atoms with van der Waals surface area (Å²) in [6.07, 6.45) is 0. The summed E-state index contributed by atoms with van der Waals surface area (Å²) in [5.74, 6) is 2.40. The molecule has 0 heterocycles. The zero-order chi connectivity index (χ0) is 18.6. The van der Waals surface area contributed by atoms with Crippen molar-refractivity contribution in [2.24, 2.45) is 4.99 Å². The van der Waals surface area contributed by atoms with Gasteiger partial charge >= 0.3 is 0 Å². The molecule has 2 rings (SSSR count). The van der Waals surface area contributed by atoms with E-state index >= 15 is 0 Å². The Hall–Kier alpha value is -2.34. The van der Waals surface area contributed by atoms with Crippen LogP contribution in [0.1, 0.15) is 19.4 Å². The first-order chi connectivity index (χ1) is 12.7. The van der Waals surface area contributed by atoms with Crippen molar-refractivity contribution in [3.05, 3.63) is 54.1 Å². The molecule has 0 amide bonds. The number of hydrogen-bond donors (Lipinski definition) is 3. The summed E-state index contributed by atoms with van der Waals surface area (Å²) >= 11 is 1.81. The number of aromatic hydroxyl groups is 1. The van der Waals surface area contributed by atoms with E-state index in [0.29, 0.717) is 18.9 Å². The van der Waals surface area contributed by atoms with Crippen LogP contribution >= 0.6 is 11.8 Å². The van der Waals surface area contributed by atoms with Crippen molar-refractivity contribution in [3.8, 4) is 11.5 Å². The fourth-order valence-corrected chi connectivity index (χ4v) is 3.08. The number of phenols is 1. The summed E-state index contributed by atoms with van der Waals surface area (Å²) in [4.78, 5) is 5.87. The van der Waals surface area contributed by atoms with Gasteiger partial charge in [0.15, 0.2) is 17.5 Å². The maximum absolute atomic E-state index is 9.78. The maximum atomic E-state index is 9.78. The fourth-order valence-electron chi connectivity index (χ4n) is 2.30. The van der Waals surface area contributed by atoms with Gasteiger partial charge in [0, 0.05) is 23.7 Å². The smallest absolute Gasteiger partial charge is 0.191 e. The number of guanidine groups is 1. The van der Waals surface area contributed by atoms with Crippen LogP contribution in [-0.4, -0.2) is 36.5 Å². The number of phenolic OH excluding ortho intramolecular Hbond substituents is 1. The van der Waals surface area contributed by atoms with E-state index in [4.69, 9.17) is 4.74 Å². The first-order valence-corrected chi connectivity index (χ1v) is 9.86. The minimum absolute atomic E-state index is 0.155. The number of nitrogens with zero attached hydrogens (tertiary/aromatic N) is 1. The van der Waals surface area contributed by atoms with Crippen molar-refractivity contribution in [3.63, 3.8) is 0 Å². The Kier molecular flexibility index (Phi) is 8.69. The largest absolute Gasteiger partial charge is 0.504 e. The number of aliphatic imine (C=N–C) groups is 1. The molecule has 0 saturated carbocycles.